The number of thioether (sulfide) groups is 1. The Labute approximate surface area is 115 Å². The van der Waals surface area contributed by atoms with E-state index in [4.69, 9.17) is 0 Å². The molecule has 0 aliphatic carbocycles. The molecule has 0 aliphatic rings. The molecule has 0 unspecified atom stereocenters. The summed E-state index contributed by atoms with van der Waals surface area (Å²) >= 11 is 1.84. The molecule has 15 heavy (non-hydrogen) atoms. The molecule has 0 radical (unpaired) electrons. The van der Waals surface area contributed by atoms with Crippen molar-refractivity contribution < 1.29 is 0 Å². The molecule has 0 saturated carbocycles. The lowest BCUT2D eigenvalue weighted by molar-refractivity contribution is 0.713. The van der Waals surface area contributed by atoms with Gasteiger partial charge >= 0.3 is 0 Å². The first-order chi connectivity index (χ1) is 6.55. The van der Waals surface area contributed by atoms with Crippen LogP contribution in [0.15, 0.2) is 4.99 Å². The van der Waals surface area contributed by atoms with E-state index < -0.39 is 0 Å². The van der Waals surface area contributed by atoms with Gasteiger partial charge in [0, 0.05) is 17.8 Å². The molecule has 92 valence electrons. The normalized spacial score (nSPS) is 10.2. The lowest BCUT2D eigenvalue weighted by Crippen LogP contribution is -2.38. The monoisotopic (exact) mass is 345 g/mol. The van der Waals surface area contributed by atoms with Crippen molar-refractivity contribution in [2.45, 2.75) is 32.4 Å². The number of hydrogen-bond acceptors (Lipinski definition) is 2. The fraction of sp³-hybridized carbons (Fsp3) is 0.900. The molecule has 0 amide bonds. The molecule has 0 aliphatic heterocycles. The van der Waals surface area contributed by atoms with Crippen LogP contribution < -0.4 is 10.6 Å². The minimum Gasteiger partial charge on any atom is -0.357 e. The number of nitrogens with zero attached hydrogens (tertiary/aromatic N) is 1. The zero-order valence-electron chi connectivity index (χ0n) is 10.4. The van der Waals surface area contributed by atoms with E-state index in [1.54, 1.807) is 0 Å². The molecule has 3 nitrogen and oxygen atoms in total. The largest absolute Gasteiger partial charge is 0.357 e. The minimum atomic E-state index is 0. The van der Waals surface area contributed by atoms with Crippen molar-refractivity contribution in [1.82, 2.24) is 10.6 Å². The fourth-order valence-electron chi connectivity index (χ4n) is 0.843. The number of hydrogen-bond donors (Lipinski definition) is 2. The molecule has 2 N–H and O–H groups in total. The van der Waals surface area contributed by atoms with Gasteiger partial charge in [-0.25, -0.2) is 0 Å². The van der Waals surface area contributed by atoms with E-state index in [0.717, 1.165) is 25.6 Å². The van der Waals surface area contributed by atoms with Gasteiger partial charge in [-0.3, -0.25) is 4.99 Å². The van der Waals surface area contributed by atoms with Gasteiger partial charge < -0.3 is 10.6 Å². The van der Waals surface area contributed by atoms with Crippen molar-refractivity contribution in [3.05, 3.63) is 0 Å². The lowest BCUT2D eigenvalue weighted by Gasteiger charge is -2.20. The van der Waals surface area contributed by atoms with Gasteiger partial charge in [-0.2, -0.15) is 11.8 Å². The highest BCUT2D eigenvalue weighted by Gasteiger charge is 2.14. The molecule has 0 fully saturated rings. The average molecular weight is 345 g/mol. The molecule has 0 aromatic rings. The Kier molecular flexibility index (Phi) is 11.3. The van der Waals surface area contributed by atoms with E-state index in [2.05, 4.69) is 49.6 Å². The second-order valence-electron chi connectivity index (χ2n) is 3.69. The van der Waals surface area contributed by atoms with Gasteiger partial charge in [0.15, 0.2) is 5.96 Å². The van der Waals surface area contributed by atoms with Crippen LogP contribution in [0.25, 0.3) is 0 Å². The van der Waals surface area contributed by atoms with Crippen LogP contribution in [-0.4, -0.2) is 36.6 Å². The first-order valence-corrected chi connectivity index (χ1v) is 6.35. The van der Waals surface area contributed by atoms with E-state index in [-0.39, 0.29) is 28.7 Å². The molecule has 0 spiro atoms. The second-order valence-corrected chi connectivity index (χ2v) is 5.20. The van der Waals surface area contributed by atoms with E-state index in [0.29, 0.717) is 0 Å². The van der Waals surface area contributed by atoms with Crippen LogP contribution in [0.5, 0.6) is 0 Å². The molecule has 0 heterocycles. The smallest absolute Gasteiger partial charge is 0.191 e. The van der Waals surface area contributed by atoms with Crippen molar-refractivity contribution in [2.24, 2.45) is 4.99 Å². The molecular formula is C10H24IN3S. The van der Waals surface area contributed by atoms with Crippen LogP contribution in [0.1, 0.15) is 27.7 Å². The second kappa shape index (κ2) is 9.57. The Balaban J connectivity index is 0. The zero-order chi connectivity index (χ0) is 11.0. The summed E-state index contributed by atoms with van der Waals surface area (Å²) in [6.07, 6.45) is 2.12. The van der Waals surface area contributed by atoms with Crippen molar-refractivity contribution in [3.8, 4) is 0 Å². The van der Waals surface area contributed by atoms with Gasteiger partial charge in [0.25, 0.3) is 0 Å². The van der Waals surface area contributed by atoms with Crippen molar-refractivity contribution in [2.75, 3.05) is 25.9 Å². The third-order valence-corrected chi connectivity index (χ3v) is 3.09. The van der Waals surface area contributed by atoms with Gasteiger partial charge in [0.1, 0.15) is 0 Å². The summed E-state index contributed by atoms with van der Waals surface area (Å²) in [5.74, 6) is 0.914. The number of halogens is 1. The molecule has 5 heteroatoms. The quantitative estimate of drug-likeness (QED) is 0.456. The molecule has 0 atom stereocenters. The van der Waals surface area contributed by atoms with Gasteiger partial charge in [0.05, 0.1) is 6.54 Å². The van der Waals surface area contributed by atoms with E-state index in [9.17, 15) is 0 Å². The Bertz CT molecular complexity index is 176. The van der Waals surface area contributed by atoms with Gasteiger partial charge in [-0.05, 0) is 34.0 Å². The predicted octanol–water partition coefficient (Wildman–Crippen LogP) is 2.32. The van der Waals surface area contributed by atoms with Gasteiger partial charge in [0.2, 0.25) is 0 Å². The summed E-state index contributed by atoms with van der Waals surface area (Å²) in [7, 11) is 0. The Morgan fingerprint density at radius 1 is 1.20 bits per heavy atom. The molecule has 0 rings (SSSR count). The standard InChI is InChI=1S/C10H23N3S.HI/c1-6-11-9(12-7-2)13-8-10(3,4)14-5;/h6-8H2,1-5H3,(H2,11,12,13);1H. The highest BCUT2D eigenvalue weighted by atomic mass is 127. The van der Waals surface area contributed by atoms with Crippen LogP contribution in [0, 0.1) is 0 Å². The maximum atomic E-state index is 4.52. The summed E-state index contributed by atoms with van der Waals surface area (Å²) in [5, 5.41) is 6.42. The molecule has 0 aromatic carbocycles. The molecule has 0 bridgehead atoms. The third kappa shape index (κ3) is 9.29. The van der Waals surface area contributed by atoms with Crippen molar-refractivity contribution >= 4 is 41.7 Å². The number of aliphatic imine (C=N–C) groups is 1. The first-order valence-electron chi connectivity index (χ1n) is 5.13. The average Bonchev–Trinajstić information content (AvgIpc) is 2.15. The summed E-state index contributed by atoms with van der Waals surface area (Å²) in [6, 6.07) is 0. The van der Waals surface area contributed by atoms with Crippen LogP contribution in [0.3, 0.4) is 0 Å². The number of guanidine groups is 1. The van der Waals surface area contributed by atoms with Crippen LogP contribution in [0.4, 0.5) is 0 Å². The lowest BCUT2D eigenvalue weighted by atomic mass is 10.2. The first kappa shape index (κ1) is 17.7. The minimum absolute atomic E-state index is 0. The predicted molar refractivity (Wildman–Crippen MR) is 82.7 cm³/mol. The highest BCUT2D eigenvalue weighted by molar-refractivity contribution is 14.0. The topological polar surface area (TPSA) is 36.4 Å². The number of rotatable bonds is 5. The fourth-order valence-corrected chi connectivity index (χ4v) is 1.04. The van der Waals surface area contributed by atoms with E-state index >= 15 is 0 Å². The summed E-state index contributed by atoms with van der Waals surface area (Å²) in [4.78, 5) is 4.52. The van der Waals surface area contributed by atoms with E-state index in [1.165, 1.54) is 0 Å². The maximum Gasteiger partial charge on any atom is 0.191 e. The Morgan fingerprint density at radius 3 is 2.00 bits per heavy atom. The summed E-state index contributed by atoms with van der Waals surface area (Å²) in [6.45, 7) is 11.2. The van der Waals surface area contributed by atoms with Crippen LogP contribution >= 0.6 is 35.7 Å². The van der Waals surface area contributed by atoms with Crippen LogP contribution in [0.2, 0.25) is 0 Å². The van der Waals surface area contributed by atoms with E-state index in [1.807, 2.05) is 11.8 Å². The van der Waals surface area contributed by atoms with Crippen LogP contribution in [-0.2, 0) is 0 Å². The zero-order valence-corrected chi connectivity index (χ0v) is 13.5. The molecular weight excluding hydrogens is 321 g/mol. The molecule has 0 saturated heterocycles. The number of nitrogens with one attached hydrogen (secondary N) is 2. The SMILES string of the molecule is CCNC(=NCC(C)(C)SC)NCC.I. The highest BCUT2D eigenvalue weighted by Crippen LogP contribution is 2.20. The summed E-state index contributed by atoms with van der Waals surface area (Å²) in [5.41, 5.74) is 0. The third-order valence-electron chi connectivity index (χ3n) is 1.86. The van der Waals surface area contributed by atoms with Gasteiger partial charge in [-0.15, -0.1) is 24.0 Å². The van der Waals surface area contributed by atoms with Crippen molar-refractivity contribution in [1.29, 1.82) is 0 Å². The maximum absolute atomic E-state index is 4.52. The summed E-state index contributed by atoms with van der Waals surface area (Å²) < 4.78 is 0.218. The Morgan fingerprint density at radius 2 is 1.67 bits per heavy atom. The molecule has 0 aromatic heterocycles. The van der Waals surface area contributed by atoms with Gasteiger partial charge in [-0.1, -0.05) is 0 Å². The Hall–Kier alpha value is 0.350. The van der Waals surface area contributed by atoms with Crippen molar-refractivity contribution in [3.63, 3.8) is 0 Å².